The Morgan fingerprint density at radius 3 is 2.00 bits per heavy atom. The minimum Gasteiger partial charge on any atom is -0.446 e. The van der Waals surface area contributed by atoms with Crippen LogP contribution in [0.4, 0.5) is 10.5 Å². The number of ether oxygens (including phenoxy) is 1. The molecule has 0 aromatic heterocycles. The summed E-state index contributed by atoms with van der Waals surface area (Å²) >= 11 is 0. The number of rotatable bonds is 12. The molecule has 3 aromatic carbocycles. The van der Waals surface area contributed by atoms with Crippen molar-refractivity contribution in [1.82, 2.24) is 15.5 Å². The van der Waals surface area contributed by atoms with E-state index in [0.717, 1.165) is 63.0 Å². The Labute approximate surface area is 263 Å². The molecule has 1 heterocycles. The molecule has 2 fully saturated rings. The fraction of sp³-hybridized carbons (Fsp3) is 0.459. The highest BCUT2D eigenvalue weighted by atomic mass is 16.6. The maximum atomic E-state index is 13.5. The summed E-state index contributed by atoms with van der Waals surface area (Å²) < 4.78 is 5.79. The van der Waals surface area contributed by atoms with Gasteiger partial charge in [0.05, 0.1) is 12.1 Å². The minimum absolute atomic E-state index is 0.00640. The summed E-state index contributed by atoms with van der Waals surface area (Å²) in [4.78, 5) is 31.4. The summed E-state index contributed by atoms with van der Waals surface area (Å²) in [6.07, 6.45) is 5.23. The van der Waals surface area contributed by atoms with E-state index in [-0.39, 0.29) is 24.1 Å². The molecule has 7 heteroatoms. The Balaban J connectivity index is 1.22. The van der Waals surface area contributed by atoms with Crippen molar-refractivity contribution in [3.63, 3.8) is 0 Å². The van der Waals surface area contributed by atoms with E-state index in [1.54, 1.807) is 0 Å². The van der Waals surface area contributed by atoms with Crippen LogP contribution in [0.2, 0.25) is 0 Å². The normalized spacial score (nSPS) is 17.2. The molecule has 0 bridgehead atoms. The second-order valence-corrected chi connectivity index (χ2v) is 12.5. The first-order valence-corrected chi connectivity index (χ1v) is 16.3. The van der Waals surface area contributed by atoms with E-state index in [1.165, 1.54) is 16.8 Å². The quantitative estimate of drug-likeness (QED) is 0.276. The van der Waals surface area contributed by atoms with Crippen molar-refractivity contribution in [2.24, 2.45) is 0 Å². The zero-order chi connectivity index (χ0) is 30.7. The lowest BCUT2D eigenvalue weighted by Gasteiger charge is -2.37. The van der Waals surface area contributed by atoms with Crippen LogP contribution in [-0.2, 0) is 22.4 Å². The summed E-state index contributed by atoms with van der Waals surface area (Å²) in [5.74, 6) is 0.00640. The smallest absolute Gasteiger partial charge is 0.407 e. The van der Waals surface area contributed by atoms with Crippen LogP contribution in [0.1, 0.15) is 54.4 Å². The van der Waals surface area contributed by atoms with Crippen molar-refractivity contribution in [3.05, 3.63) is 101 Å². The van der Waals surface area contributed by atoms with Gasteiger partial charge >= 0.3 is 6.09 Å². The van der Waals surface area contributed by atoms with Crippen LogP contribution >= 0.6 is 0 Å². The summed E-state index contributed by atoms with van der Waals surface area (Å²) in [7, 11) is 0. The number of carbonyl (C=O) groups excluding carboxylic acids is 2. The van der Waals surface area contributed by atoms with E-state index in [9.17, 15) is 9.59 Å². The molecule has 2 aliphatic rings. The molecular weight excluding hydrogens is 548 g/mol. The number of nitrogens with zero attached hydrogens (tertiary/aromatic N) is 2. The number of hydrogen-bond acceptors (Lipinski definition) is 5. The second kappa shape index (κ2) is 15.8. The molecule has 0 radical (unpaired) electrons. The molecule has 234 valence electrons. The molecule has 2 atom stereocenters. The van der Waals surface area contributed by atoms with Crippen molar-refractivity contribution in [3.8, 4) is 0 Å². The van der Waals surface area contributed by atoms with Crippen LogP contribution in [0.25, 0.3) is 0 Å². The standard InChI is InChI=1S/C37H48N4O3/c1-28-17-18-29(2)35(25-28)41-23-21-40(22-24-41)20-19-36(42)38-33(26-30-11-5-3-6-12-30)34(27-31-13-7-4-8-14-31)39-37(43)44-32-15-9-10-16-32/h3-8,11-14,17-18,25,32-34H,9-10,15-16,19-24,26-27H2,1-2H3,(H,38,42)(H,39,43)/t33-,34-/m0/s1. The summed E-state index contributed by atoms with van der Waals surface area (Å²) in [6.45, 7) is 8.79. The van der Waals surface area contributed by atoms with Gasteiger partial charge in [0.1, 0.15) is 6.10 Å². The number of anilines is 1. The Kier molecular flexibility index (Phi) is 11.3. The number of piperazine rings is 1. The molecule has 0 unspecified atom stereocenters. The zero-order valence-electron chi connectivity index (χ0n) is 26.3. The number of amides is 2. The van der Waals surface area contributed by atoms with Gasteiger partial charge in [-0.15, -0.1) is 0 Å². The van der Waals surface area contributed by atoms with Gasteiger partial charge < -0.3 is 20.3 Å². The van der Waals surface area contributed by atoms with Gasteiger partial charge in [-0.25, -0.2) is 4.79 Å². The molecule has 2 amide bonds. The number of benzene rings is 3. The number of alkyl carbamates (subject to hydrolysis) is 1. The van der Waals surface area contributed by atoms with E-state index in [4.69, 9.17) is 4.74 Å². The predicted molar refractivity (Wildman–Crippen MR) is 177 cm³/mol. The van der Waals surface area contributed by atoms with Crippen LogP contribution in [0, 0.1) is 13.8 Å². The minimum atomic E-state index is -0.396. The average Bonchev–Trinajstić information content (AvgIpc) is 3.55. The third-order valence-electron chi connectivity index (χ3n) is 9.04. The zero-order valence-corrected chi connectivity index (χ0v) is 26.3. The summed E-state index contributed by atoms with van der Waals surface area (Å²) in [6, 6.07) is 26.3. The third kappa shape index (κ3) is 9.33. The number of hydrogen-bond donors (Lipinski definition) is 2. The highest BCUT2D eigenvalue weighted by molar-refractivity contribution is 5.77. The number of aryl methyl sites for hydroxylation is 2. The van der Waals surface area contributed by atoms with Gasteiger partial charge in [0, 0.05) is 44.8 Å². The van der Waals surface area contributed by atoms with Crippen molar-refractivity contribution < 1.29 is 14.3 Å². The maximum absolute atomic E-state index is 13.5. The molecule has 0 spiro atoms. The molecule has 1 aliphatic heterocycles. The molecule has 44 heavy (non-hydrogen) atoms. The number of carbonyl (C=O) groups is 2. The van der Waals surface area contributed by atoms with E-state index < -0.39 is 6.09 Å². The number of nitrogens with one attached hydrogen (secondary N) is 2. The van der Waals surface area contributed by atoms with E-state index >= 15 is 0 Å². The van der Waals surface area contributed by atoms with Crippen molar-refractivity contribution >= 4 is 17.7 Å². The van der Waals surface area contributed by atoms with Crippen LogP contribution in [0.5, 0.6) is 0 Å². The molecule has 3 aromatic rings. The van der Waals surface area contributed by atoms with E-state index in [0.29, 0.717) is 25.8 Å². The highest BCUT2D eigenvalue weighted by Gasteiger charge is 2.28. The SMILES string of the molecule is Cc1ccc(C)c(N2CCN(CCC(=O)N[C@@H](Cc3ccccc3)[C@H](Cc3ccccc3)NC(=O)OC3CCCC3)CC2)c1. The lowest BCUT2D eigenvalue weighted by Crippen LogP contribution is -2.54. The third-order valence-corrected chi connectivity index (χ3v) is 9.04. The second-order valence-electron chi connectivity index (χ2n) is 12.5. The predicted octanol–water partition coefficient (Wildman–Crippen LogP) is 5.82. The van der Waals surface area contributed by atoms with E-state index in [2.05, 4.69) is 76.7 Å². The van der Waals surface area contributed by atoms with E-state index in [1.807, 2.05) is 36.4 Å². The first-order chi connectivity index (χ1) is 21.4. The van der Waals surface area contributed by atoms with Crippen molar-refractivity contribution in [2.75, 3.05) is 37.6 Å². The van der Waals surface area contributed by atoms with Crippen molar-refractivity contribution in [2.45, 2.75) is 77.0 Å². The first-order valence-electron chi connectivity index (χ1n) is 16.3. The molecule has 1 saturated heterocycles. The molecule has 1 saturated carbocycles. The average molecular weight is 597 g/mol. The molecular formula is C37H48N4O3. The van der Waals surface area contributed by atoms with Gasteiger partial charge in [-0.05, 0) is 80.7 Å². The lowest BCUT2D eigenvalue weighted by molar-refractivity contribution is -0.122. The Hall–Kier alpha value is -3.84. The summed E-state index contributed by atoms with van der Waals surface area (Å²) in [5.41, 5.74) is 6.12. The van der Waals surface area contributed by atoms with Gasteiger partial charge in [-0.3, -0.25) is 9.69 Å². The molecule has 5 rings (SSSR count). The van der Waals surface area contributed by atoms with Gasteiger partial charge in [0.25, 0.3) is 0 Å². The van der Waals surface area contributed by atoms with Gasteiger partial charge in [0.15, 0.2) is 0 Å². The van der Waals surface area contributed by atoms with Crippen molar-refractivity contribution in [1.29, 1.82) is 0 Å². The molecule has 1 aliphatic carbocycles. The van der Waals surface area contributed by atoms with Crippen LogP contribution in [-0.4, -0.2) is 67.8 Å². The van der Waals surface area contributed by atoms with Crippen LogP contribution in [0.3, 0.4) is 0 Å². The fourth-order valence-corrected chi connectivity index (χ4v) is 6.48. The summed E-state index contributed by atoms with van der Waals surface area (Å²) in [5, 5.41) is 6.49. The monoisotopic (exact) mass is 596 g/mol. The van der Waals surface area contributed by atoms with Crippen LogP contribution < -0.4 is 15.5 Å². The Morgan fingerprint density at radius 2 is 1.39 bits per heavy atom. The highest BCUT2D eigenvalue weighted by Crippen LogP contribution is 2.23. The fourth-order valence-electron chi connectivity index (χ4n) is 6.48. The largest absolute Gasteiger partial charge is 0.446 e. The Bertz CT molecular complexity index is 1340. The van der Waals surface area contributed by atoms with Gasteiger partial charge in [-0.1, -0.05) is 72.8 Å². The lowest BCUT2D eigenvalue weighted by atomic mass is 9.94. The van der Waals surface area contributed by atoms with Gasteiger partial charge in [-0.2, -0.15) is 0 Å². The van der Waals surface area contributed by atoms with Gasteiger partial charge in [0.2, 0.25) is 5.91 Å². The topological polar surface area (TPSA) is 73.9 Å². The van der Waals surface area contributed by atoms with Crippen LogP contribution in [0.15, 0.2) is 78.9 Å². The maximum Gasteiger partial charge on any atom is 0.407 e. The molecule has 7 nitrogen and oxygen atoms in total. The molecule has 2 N–H and O–H groups in total. The first kappa shape index (κ1) is 31.6. The Morgan fingerprint density at radius 1 is 0.795 bits per heavy atom.